The van der Waals surface area contributed by atoms with Crippen LogP contribution in [-0.4, -0.2) is 18.1 Å². The van der Waals surface area contributed by atoms with Gasteiger partial charge in [-0.25, -0.2) is 4.39 Å². The van der Waals surface area contributed by atoms with Crippen LogP contribution < -0.4 is 5.32 Å². The highest BCUT2D eigenvalue weighted by molar-refractivity contribution is 5.82. The van der Waals surface area contributed by atoms with E-state index >= 15 is 0 Å². The van der Waals surface area contributed by atoms with Gasteiger partial charge < -0.3 is 15.2 Å². The molecule has 2 aromatic carbocycles. The van der Waals surface area contributed by atoms with Gasteiger partial charge >= 0.3 is 0 Å². The summed E-state index contributed by atoms with van der Waals surface area (Å²) < 4.78 is 18.5. The Morgan fingerprint density at radius 1 is 1.27 bits per heavy atom. The fraction of sp³-hybridized carbons (Fsp3) is 0.235. The second-order valence-corrected chi connectivity index (χ2v) is 4.83. The summed E-state index contributed by atoms with van der Waals surface area (Å²) in [6.07, 6.45) is -0.695. The number of methoxy groups -OCH3 is 1. The van der Waals surface area contributed by atoms with E-state index in [0.29, 0.717) is 5.56 Å². The first-order valence-corrected chi connectivity index (χ1v) is 6.89. The number of benzene rings is 2. The Morgan fingerprint density at radius 3 is 2.64 bits per heavy atom. The minimum absolute atomic E-state index is 0.207. The molecule has 1 amide bonds. The highest BCUT2D eigenvalue weighted by atomic mass is 19.1. The molecule has 2 aromatic rings. The van der Waals surface area contributed by atoms with Crippen LogP contribution in [0.25, 0.3) is 0 Å². The summed E-state index contributed by atoms with van der Waals surface area (Å²) in [6, 6.07) is 13.5. The van der Waals surface area contributed by atoms with Crippen molar-refractivity contribution in [3.8, 4) is 0 Å². The fourth-order valence-corrected chi connectivity index (χ4v) is 2.16. The molecule has 0 aliphatic carbocycles. The van der Waals surface area contributed by atoms with Gasteiger partial charge in [0.25, 0.3) is 5.91 Å². The normalized spacial score (nSPS) is 12.0. The number of carbonyl (C=O) groups excluding carboxylic acids is 1. The van der Waals surface area contributed by atoms with Crippen LogP contribution >= 0.6 is 0 Å². The quantitative estimate of drug-likeness (QED) is 0.861. The molecule has 0 saturated carbocycles. The number of ether oxygens (including phenoxy) is 1. The van der Waals surface area contributed by atoms with Crippen LogP contribution in [0.4, 0.5) is 4.39 Å². The third-order valence-corrected chi connectivity index (χ3v) is 3.32. The summed E-state index contributed by atoms with van der Waals surface area (Å²) >= 11 is 0. The lowest BCUT2D eigenvalue weighted by atomic mass is 10.1. The molecule has 4 nitrogen and oxygen atoms in total. The number of hydrogen-bond acceptors (Lipinski definition) is 3. The number of amides is 1. The van der Waals surface area contributed by atoms with Gasteiger partial charge in [0.2, 0.25) is 0 Å². The third-order valence-electron chi connectivity index (χ3n) is 3.32. The summed E-state index contributed by atoms with van der Waals surface area (Å²) in [5, 5.41) is 11.8. The molecule has 0 unspecified atom stereocenters. The predicted octanol–water partition coefficient (Wildman–Crippen LogP) is 2.32. The second kappa shape index (κ2) is 7.68. The van der Waals surface area contributed by atoms with Crippen molar-refractivity contribution in [3.63, 3.8) is 0 Å². The van der Waals surface area contributed by atoms with Gasteiger partial charge in [0, 0.05) is 19.2 Å². The fourth-order valence-electron chi connectivity index (χ4n) is 2.16. The van der Waals surface area contributed by atoms with Gasteiger partial charge in [0.1, 0.15) is 5.82 Å². The molecule has 22 heavy (non-hydrogen) atoms. The average molecular weight is 303 g/mol. The van der Waals surface area contributed by atoms with Crippen LogP contribution in [-0.2, 0) is 22.7 Å². The van der Waals surface area contributed by atoms with Crippen molar-refractivity contribution in [3.05, 3.63) is 71.0 Å². The molecule has 1 atom stereocenters. The third kappa shape index (κ3) is 3.90. The second-order valence-electron chi connectivity index (χ2n) is 4.83. The highest BCUT2D eigenvalue weighted by Gasteiger charge is 2.19. The van der Waals surface area contributed by atoms with Gasteiger partial charge in [-0.15, -0.1) is 0 Å². The van der Waals surface area contributed by atoms with E-state index < -0.39 is 11.9 Å². The lowest BCUT2D eigenvalue weighted by Gasteiger charge is -2.16. The van der Waals surface area contributed by atoms with Crippen molar-refractivity contribution in [1.29, 1.82) is 0 Å². The van der Waals surface area contributed by atoms with Gasteiger partial charge in [-0.05, 0) is 23.3 Å². The van der Waals surface area contributed by atoms with Gasteiger partial charge in [0.15, 0.2) is 6.10 Å². The number of rotatable bonds is 6. The van der Waals surface area contributed by atoms with Crippen LogP contribution in [0.2, 0.25) is 0 Å². The Labute approximate surface area is 128 Å². The number of aliphatic hydroxyl groups is 1. The molecular formula is C17H18FNO3. The van der Waals surface area contributed by atoms with Crippen molar-refractivity contribution >= 4 is 5.91 Å². The Hall–Kier alpha value is -2.24. The van der Waals surface area contributed by atoms with Crippen LogP contribution in [0.3, 0.4) is 0 Å². The first-order chi connectivity index (χ1) is 10.7. The minimum atomic E-state index is -0.695. The Morgan fingerprint density at radius 2 is 2.00 bits per heavy atom. The van der Waals surface area contributed by atoms with Gasteiger partial charge in [0.05, 0.1) is 6.61 Å². The number of aliphatic hydroxyl groups excluding tert-OH is 1. The molecule has 0 aliphatic rings. The number of carbonyl (C=O) groups is 1. The summed E-state index contributed by atoms with van der Waals surface area (Å²) in [6.45, 7) is -0.142. The van der Waals surface area contributed by atoms with E-state index in [0.717, 1.165) is 5.56 Å². The molecule has 0 aromatic heterocycles. The number of halogens is 1. The average Bonchev–Trinajstić information content (AvgIpc) is 2.55. The van der Waals surface area contributed by atoms with Crippen LogP contribution in [0.15, 0.2) is 48.5 Å². The zero-order chi connectivity index (χ0) is 15.9. The largest absolute Gasteiger partial charge is 0.392 e. The molecule has 0 spiro atoms. The van der Waals surface area contributed by atoms with Crippen molar-refractivity contribution < 1.29 is 19.0 Å². The number of hydrogen-bond donors (Lipinski definition) is 2. The molecule has 0 radical (unpaired) electrons. The van der Waals surface area contributed by atoms with Crippen molar-refractivity contribution in [2.45, 2.75) is 19.3 Å². The highest BCUT2D eigenvalue weighted by Crippen LogP contribution is 2.17. The van der Waals surface area contributed by atoms with Crippen molar-refractivity contribution in [2.75, 3.05) is 7.11 Å². The maximum atomic E-state index is 13.3. The summed E-state index contributed by atoms with van der Waals surface area (Å²) in [5.41, 5.74) is 1.68. The monoisotopic (exact) mass is 303 g/mol. The standard InChI is InChI=1S/C17H18FNO3/c1-22-16(13-5-3-2-4-6-13)17(21)19-10-12-7-8-15(18)14(9-12)11-20/h2-9,16,20H,10-11H2,1H3,(H,19,21)/t16-/m1/s1. The molecule has 2 rings (SSSR count). The molecule has 0 saturated heterocycles. The topological polar surface area (TPSA) is 58.6 Å². The Balaban J connectivity index is 2.02. The molecule has 5 heteroatoms. The zero-order valence-corrected chi connectivity index (χ0v) is 12.3. The Bertz CT molecular complexity index is 631. The summed E-state index contributed by atoms with van der Waals surface area (Å²) in [7, 11) is 1.47. The van der Waals surface area contributed by atoms with Crippen molar-refractivity contribution in [2.24, 2.45) is 0 Å². The molecule has 0 fully saturated rings. The van der Waals surface area contributed by atoms with E-state index in [1.165, 1.54) is 19.2 Å². The molecule has 116 valence electrons. The van der Waals surface area contributed by atoms with Crippen LogP contribution in [0.1, 0.15) is 22.8 Å². The first kappa shape index (κ1) is 16.1. The van der Waals surface area contributed by atoms with Gasteiger partial charge in [-0.3, -0.25) is 4.79 Å². The van der Waals surface area contributed by atoms with Crippen LogP contribution in [0.5, 0.6) is 0 Å². The van der Waals surface area contributed by atoms with E-state index in [1.54, 1.807) is 6.07 Å². The molecular weight excluding hydrogens is 285 g/mol. The summed E-state index contributed by atoms with van der Waals surface area (Å²) in [4.78, 5) is 12.2. The maximum absolute atomic E-state index is 13.3. The number of nitrogens with one attached hydrogen (secondary N) is 1. The van der Waals surface area contributed by atoms with E-state index in [4.69, 9.17) is 9.84 Å². The minimum Gasteiger partial charge on any atom is -0.392 e. The molecule has 2 N–H and O–H groups in total. The smallest absolute Gasteiger partial charge is 0.254 e. The van der Waals surface area contributed by atoms with E-state index in [-0.39, 0.29) is 24.6 Å². The van der Waals surface area contributed by atoms with Crippen molar-refractivity contribution in [1.82, 2.24) is 5.32 Å². The van der Waals surface area contributed by atoms with Gasteiger partial charge in [-0.2, -0.15) is 0 Å². The molecule has 0 aliphatic heterocycles. The van der Waals surface area contributed by atoms with E-state index in [9.17, 15) is 9.18 Å². The Kier molecular flexibility index (Phi) is 5.63. The molecule has 0 bridgehead atoms. The maximum Gasteiger partial charge on any atom is 0.254 e. The van der Waals surface area contributed by atoms with Gasteiger partial charge in [-0.1, -0.05) is 36.4 Å². The van der Waals surface area contributed by atoms with E-state index in [2.05, 4.69) is 5.32 Å². The predicted molar refractivity (Wildman–Crippen MR) is 80.4 cm³/mol. The molecule has 0 heterocycles. The van der Waals surface area contributed by atoms with E-state index in [1.807, 2.05) is 30.3 Å². The SMILES string of the molecule is CO[C@@H](C(=O)NCc1ccc(F)c(CO)c1)c1ccccc1. The summed E-state index contributed by atoms with van der Waals surface area (Å²) in [5.74, 6) is -0.736. The lowest BCUT2D eigenvalue weighted by Crippen LogP contribution is -2.30. The first-order valence-electron chi connectivity index (χ1n) is 6.89. The van der Waals surface area contributed by atoms with Crippen LogP contribution in [0, 0.1) is 5.82 Å². The zero-order valence-electron chi connectivity index (χ0n) is 12.3. The lowest BCUT2D eigenvalue weighted by molar-refractivity contribution is -0.131.